The summed E-state index contributed by atoms with van der Waals surface area (Å²) in [5.41, 5.74) is -11.0. The van der Waals surface area contributed by atoms with Crippen molar-refractivity contribution in [2.75, 3.05) is 0 Å². The van der Waals surface area contributed by atoms with Crippen molar-refractivity contribution in [3.8, 4) is 0 Å². The fourth-order valence-electron chi connectivity index (χ4n) is 7.75. The van der Waals surface area contributed by atoms with E-state index in [1.54, 1.807) is 26.8 Å². The van der Waals surface area contributed by atoms with Crippen molar-refractivity contribution >= 4 is 17.5 Å². The molecule has 3 heterocycles. The van der Waals surface area contributed by atoms with Crippen molar-refractivity contribution in [2.45, 2.75) is 88.7 Å². The molecule has 2 saturated heterocycles. The van der Waals surface area contributed by atoms with Crippen LogP contribution >= 0.6 is 0 Å². The Bertz CT molecular complexity index is 1150. The van der Waals surface area contributed by atoms with Crippen molar-refractivity contribution < 1.29 is 44.7 Å². The molecule has 5 rings (SSSR count). The standard InChI is InChI=1S/C25H34N2O9/c1-12(2)24(33)17(35-18(29)14-7-6-10-26-14)15(27-34)20(4)11-23(32)21(24,5)19(30)25(36-23)16(28)13(3)8-9-22(20,25)31/h6-7,10,12-13,16-17,26,28,31-34H,8-9,11H2,1-5H3/b27-15-/t13-,16+,17-,20+,21+,22-,23-,24+,25-/m0/s1. The molecule has 0 radical (unpaired) electrons. The number of hydrogen-bond acceptors (Lipinski definition) is 10. The summed E-state index contributed by atoms with van der Waals surface area (Å²) >= 11 is 0. The van der Waals surface area contributed by atoms with E-state index in [1.165, 1.54) is 26.1 Å². The number of H-pyrrole nitrogens is 1. The van der Waals surface area contributed by atoms with Gasteiger partial charge in [-0.05, 0) is 43.7 Å². The van der Waals surface area contributed by atoms with Crippen LogP contribution < -0.4 is 0 Å². The van der Waals surface area contributed by atoms with E-state index in [0.717, 1.165) is 0 Å². The average molecular weight is 507 g/mol. The number of carbonyl (C=O) groups excluding carboxylic acids is 2. The van der Waals surface area contributed by atoms with Gasteiger partial charge in [0.2, 0.25) is 0 Å². The van der Waals surface area contributed by atoms with Crippen LogP contribution in [0.25, 0.3) is 0 Å². The minimum atomic E-state index is -2.40. The van der Waals surface area contributed by atoms with Crippen LogP contribution in [0.3, 0.4) is 0 Å². The summed E-state index contributed by atoms with van der Waals surface area (Å²) < 4.78 is 11.9. The number of fused-ring (bicyclic) bond motifs is 2. The molecule has 0 aromatic carbocycles. The van der Waals surface area contributed by atoms with Gasteiger partial charge in [-0.2, -0.15) is 0 Å². The van der Waals surface area contributed by atoms with Crippen LogP contribution in [0, 0.1) is 22.7 Å². The number of aliphatic hydroxyl groups excluding tert-OH is 1. The highest BCUT2D eigenvalue weighted by atomic mass is 16.7. The third kappa shape index (κ3) is 2.35. The van der Waals surface area contributed by atoms with Gasteiger partial charge in [-0.25, -0.2) is 4.79 Å². The number of nitrogens with zero attached hydrogens (tertiary/aromatic N) is 1. The first kappa shape index (κ1) is 25.3. The summed E-state index contributed by atoms with van der Waals surface area (Å²) in [7, 11) is 0. The van der Waals surface area contributed by atoms with E-state index >= 15 is 0 Å². The zero-order valence-corrected chi connectivity index (χ0v) is 21.0. The fourth-order valence-corrected chi connectivity index (χ4v) is 7.75. The molecule has 0 unspecified atom stereocenters. The van der Waals surface area contributed by atoms with Crippen LogP contribution in [0.1, 0.15) is 64.4 Å². The number of rotatable bonds is 3. The highest BCUT2D eigenvalue weighted by molar-refractivity contribution is 6.08. The maximum absolute atomic E-state index is 14.5. The second-order valence-corrected chi connectivity index (χ2v) is 11.7. The molecule has 1 aromatic heterocycles. The minimum Gasteiger partial charge on any atom is -0.448 e. The molecule has 4 fully saturated rings. The number of aromatic nitrogens is 1. The van der Waals surface area contributed by atoms with Gasteiger partial charge < -0.3 is 40.1 Å². The SMILES string of the molecule is CC(C)[C@@]1(O)[C@@H](OC(=O)c2ccc[nH]2)/C(=N/O)[C@@]2(C)C[C@]3(O)O[C@]4(C(=O)[C@@]13C)[C@H](O)[C@@H](C)CC[C@@]42O. The third-order valence-electron chi connectivity index (χ3n) is 9.99. The lowest BCUT2D eigenvalue weighted by atomic mass is 9.48. The summed E-state index contributed by atoms with van der Waals surface area (Å²) in [6, 6.07) is 3.02. The van der Waals surface area contributed by atoms with Crippen LogP contribution in [-0.4, -0.2) is 82.9 Å². The van der Waals surface area contributed by atoms with Gasteiger partial charge in [0.05, 0.1) is 11.5 Å². The Kier molecular flexibility index (Phi) is 5.04. The molecule has 4 aliphatic rings. The summed E-state index contributed by atoms with van der Waals surface area (Å²) in [6.07, 6.45) is -1.95. The Morgan fingerprint density at radius 2 is 1.94 bits per heavy atom. The number of carbonyl (C=O) groups is 2. The first-order valence-corrected chi connectivity index (χ1v) is 12.3. The van der Waals surface area contributed by atoms with Crippen LogP contribution in [0.5, 0.6) is 0 Å². The zero-order chi connectivity index (χ0) is 26.7. The van der Waals surface area contributed by atoms with Gasteiger partial charge in [0, 0.05) is 12.6 Å². The second-order valence-electron chi connectivity index (χ2n) is 11.7. The van der Waals surface area contributed by atoms with Gasteiger partial charge in [-0.1, -0.05) is 32.9 Å². The number of hydrogen-bond donors (Lipinski definition) is 6. The van der Waals surface area contributed by atoms with Crippen molar-refractivity contribution in [2.24, 2.45) is 27.8 Å². The van der Waals surface area contributed by atoms with Gasteiger partial charge in [-0.3, -0.25) is 4.79 Å². The Labute approximate surface area is 208 Å². The quantitative estimate of drug-likeness (QED) is 0.196. The summed E-state index contributed by atoms with van der Waals surface area (Å²) in [6.45, 7) is 7.64. The lowest BCUT2D eigenvalue weighted by molar-refractivity contribution is -0.382. The zero-order valence-electron chi connectivity index (χ0n) is 21.0. The highest BCUT2D eigenvalue weighted by Crippen LogP contribution is 2.73. The molecule has 36 heavy (non-hydrogen) atoms. The lowest BCUT2D eigenvalue weighted by Crippen LogP contribution is -2.80. The molecule has 2 saturated carbocycles. The van der Waals surface area contributed by atoms with E-state index in [4.69, 9.17) is 9.47 Å². The van der Waals surface area contributed by atoms with Crippen molar-refractivity contribution in [1.29, 1.82) is 0 Å². The minimum absolute atomic E-state index is 0.0317. The first-order chi connectivity index (χ1) is 16.6. The smallest absolute Gasteiger partial charge is 0.355 e. The predicted octanol–water partition coefficient (Wildman–Crippen LogP) is 0.736. The molecular formula is C25H34N2O9. The molecule has 2 aliphatic carbocycles. The van der Waals surface area contributed by atoms with Crippen LogP contribution in [0.4, 0.5) is 0 Å². The van der Waals surface area contributed by atoms with E-state index in [-0.39, 0.29) is 17.8 Å². The number of Topliss-reactive ketones (excluding diaryl/α,β-unsaturated/α-hetero) is 1. The van der Waals surface area contributed by atoms with E-state index in [2.05, 4.69) is 10.1 Å². The molecule has 3 bridgehead atoms. The fraction of sp³-hybridized carbons (Fsp3) is 0.720. The van der Waals surface area contributed by atoms with Gasteiger partial charge in [0.1, 0.15) is 28.0 Å². The molecule has 1 spiro atoms. The first-order valence-electron chi connectivity index (χ1n) is 12.3. The number of oxime groups is 1. The average Bonchev–Trinajstić information content (AvgIpc) is 3.40. The molecular weight excluding hydrogens is 472 g/mol. The number of aliphatic hydroxyl groups is 4. The molecule has 1 aromatic rings. The van der Waals surface area contributed by atoms with Crippen molar-refractivity contribution in [3.05, 3.63) is 24.0 Å². The maximum atomic E-state index is 14.5. The van der Waals surface area contributed by atoms with E-state index in [0.29, 0.717) is 6.42 Å². The van der Waals surface area contributed by atoms with Crippen LogP contribution in [0.2, 0.25) is 0 Å². The second kappa shape index (κ2) is 7.16. The van der Waals surface area contributed by atoms with Gasteiger partial charge in [0.15, 0.2) is 23.3 Å². The Balaban J connectivity index is 1.84. The maximum Gasteiger partial charge on any atom is 0.355 e. The van der Waals surface area contributed by atoms with Gasteiger partial charge in [-0.15, -0.1) is 0 Å². The lowest BCUT2D eigenvalue weighted by Gasteiger charge is -2.62. The van der Waals surface area contributed by atoms with E-state index in [9.17, 15) is 35.2 Å². The number of ether oxygens (including phenoxy) is 2. The number of esters is 1. The van der Waals surface area contributed by atoms with Gasteiger partial charge >= 0.3 is 5.97 Å². The summed E-state index contributed by atoms with van der Waals surface area (Å²) in [4.78, 5) is 30.4. The third-order valence-corrected chi connectivity index (χ3v) is 9.99. The number of aromatic amines is 1. The summed E-state index contributed by atoms with van der Waals surface area (Å²) in [5.74, 6) is -5.51. The molecule has 198 valence electrons. The Hall–Kier alpha value is -2.31. The molecule has 9 atom stereocenters. The number of nitrogens with one attached hydrogen (secondary N) is 1. The number of ketones is 1. The van der Waals surface area contributed by atoms with Crippen LogP contribution in [-0.2, 0) is 14.3 Å². The van der Waals surface area contributed by atoms with E-state index in [1.807, 2.05) is 0 Å². The normalized spacial score (nSPS) is 50.9. The van der Waals surface area contributed by atoms with Gasteiger partial charge in [0.25, 0.3) is 0 Å². The molecule has 6 N–H and O–H groups in total. The molecule has 2 aliphatic heterocycles. The molecule has 11 nitrogen and oxygen atoms in total. The van der Waals surface area contributed by atoms with Crippen molar-refractivity contribution in [3.63, 3.8) is 0 Å². The van der Waals surface area contributed by atoms with Crippen LogP contribution in [0.15, 0.2) is 23.5 Å². The molecule has 0 amide bonds. The Morgan fingerprint density at radius 1 is 1.28 bits per heavy atom. The molecule has 11 heteroatoms. The summed E-state index contributed by atoms with van der Waals surface area (Å²) in [5, 5.41) is 62.1. The largest absolute Gasteiger partial charge is 0.448 e. The topological polar surface area (TPSA) is 182 Å². The van der Waals surface area contributed by atoms with E-state index < -0.39 is 75.6 Å². The monoisotopic (exact) mass is 506 g/mol. The highest BCUT2D eigenvalue weighted by Gasteiger charge is 2.92. The Morgan fingerprint density at radius 3 is 2.50 bits per heavy atom. The predicted molar refractivity (Wildman–Crippen MR) is 123 cm³/mol. The van der Waals surface area contributed by atoms with Crippen molar-refractivity contribution in [1.82, 2.24) is 4.98 Å².